The summed E-state index contributed by atoms with van der Waals surface area (Å²) < 4.78 is 5.40. The summed E-state index contributed by atoms with van der Waals surface area (Å²) in [4.78, 5) is 21.1. The number of pyridine rings is 1. The van der Waals surface area contributed by atoms with Crippen molar-refractivity contribution in [3.05, 3.63) is 23.9 Å². The maximum absolute atomic E-state index is 12.1. The van der Waals surface area contributed by atoms with Crippen molar-refractivity contribution >= 4 is 11.8 Å². The van der Waals surface area contributed by atoms with Crippen LogP contribution >= 0.6 is 0 Å². The second-order valence-corrected chi connectivity index (χ2v) is 6.22. The quantitative estimate of drug-likeness (QED) is 0.743. The summed E-state index contributed by atoms with van der Waals surface area (Å²) in [6.07, 6.45) is 1.79. The van der Waals surface area contributed by atoms with E-state index in [-0.39, 0.29) is 6.03 Å². The van der Waals surface area contributed by atoms with Crippen LogP contribution in [0.2, 0.25) is 0 Å². The highest BCUT2D eigenvalue weighted by Crippen LogP contribution is 2.18. The van der Waals surface area contributed by atoms with Crippen molar-refractivity contribution in [3.8, 4) is 0 Å². The van der Waals surface area contributed by atoms with E-state index >= 15 is 0 Å². The molecule has 0 saturated carbocycles. The van der Waals surface area contributed by atoms with Gasteiger partial charge in [0.25, 0.3) is 0 Å². The molecular weight excluding hydrogens is 318 g/mol. The fourth-order valence-electron chi connectivity index (χ4n) is 3.08. The maximum Gasteiger partial charge on any atom is 0.315 e. The van der Waals surface area contributed by atoms with E-state index in [1.54, 1.807) is 6.20 Å². The van der Waals surface area contributed by atoms with Crippen molar-refractivity contribution in [2.45, 2.75) is 33.4 Å². The summed E-state index contributed by atoms with van der Waals surface area (Å²) in [5, 5.41) is 5.90. The van der Waals surface area contributed by atoms with Crippen LogP contribution in [-0.4, -0.2) is 67.9 Å². The van der Waals surface area contributed by atoms with Gasteiger partial charge in [-0.15, -0.1) is 0 Å². The van der Waals surface area contributed by atoms with E-state index in [1.165, 1.54) is 0 Å². The Kier molecular flexibility index (Phi) is 7.94. The number of aromatic nitrogens is 1. The molecule has 0 radical (unpaired) electrons. The third-order valence-electron chi connectivity index (χ3n) is 4.61. The number of hydrogen-bond donors (Lipinski definition) is 2. The zero-order valence-corrected chi connectivity index (χ0v) is 15.6. The molecule has 1 fully saturated rings. The van der Waals surface area contributed by atoms with E-state index in [9.17, 15) is 4.79 Å². The number of anilines is 1. The summed E-state index contributed by atoms with van der Waals surface area (Å²) in [5.41, 5.74) is 1.02. The van der Waals surface area contributed by atoms with Crippen LogP contribution < -0.4 is 15.5 Å². The number of likely N-dealkylation sites (N-methyl/N-ethyl adjacent to an activating group) is 1. The predicted octanol–water partition coefficient (Wildman–Crippen LogP) is 1.45. The third-order valence-corrected chi connectivity index (χ3v) is 4.61. The molecule has 2 N–H and O–H groups in total. The van der Waals surface area contributed by atoms with E-state index in [2.05, 4.69) is 46.2 Å². The number of nitrogens with zero attached hydrogens (tertiary/aromatic N) is 3. The molecule has 7 heteroatoms. The van der Waals surface area contributed by atoms with E-state index in [4.69, 9.17) is 4.74 Å². The Hall–Kier alpha value is -1.86. The number of rotatable bonds is 8. The summed E-state index contributed by atoms with van der Waals surface area (Å²) in [5.74, 6) is 0.933. The van der Waals surface area contributed by atoms with Crippen LogP contribution in [0.1, 0.15) is 26.3 Å². The molecule has 0 aliphatic carbocycles. The predicted molar refractivity (Wildman–Crippen MR) is 99.9 cm³/mol. The first-order chi connectivity index (χ1) is 12.2. The van der Waals surface area contributed by atoms with Gasteiger partial charge in [-0.2, -0.15) is 0 Å². The SMILES string of the molecule is CCN(CC)C(C)CNC(=O)NCc1cccnc1N1CCOCC1. The van der Waals surface area contributed by atoms with Gasteiger partial charge >= 0.3 is 6.03 Å². The van der Waals surface area contributed by atoms with Crippen molar-refractivity contribution in [1.82, 2.24) is 20.5 Å². The first kappa shape index (κ1) is 19.5. The van der Waals surface area contributed by atoms with Crippen LogP contribution in [0.15, 0.2) is 18.3 Å². The van der Waals surface area contributed by atoms with Crippen molar-refractivity contribution in [2.24, 2.45) is 0 Å². The summed E-state index contributed by atoms with van der Waals surface area (Å²) in [6.45, 7) is 12.6. The Bertz CT molecular complexity index is 530. The fraction of sp³-hybridized carbons (Fsp3) is 0.667. The summed E-state index contributed by atoms with van der Waals surface area (Å²) in [7, 11) is 0. The van der Waals surface area contributed by atoms with Crippen LogP contribution in [0.3, 0.4) is 0 Å². The van der Waals surface area contributed by atoms with Crippen molar-refractivity contribution in [1.29, 1.82) is 0 Å². The van der Waals surface area contributed by atoms with Gasteiger partial charge in [-0.3, -0.25) is 4.90 Å². The number of morpholine rings is 1. The van der Waals surface area contributed by atoms with E-state index in [0.717, 1.165) is 37.6 Å². The van der Waals surface area contributed by atoms with E-state index < -0.39 is 0 Å². The second-order valence-electron chi connectivity index (χ2n) is 6.22. The monoisotopic (exact) mass is 349 g/mol. The molecule has 7 nitrogen and oxygen atoms in total. The molecule has 0 bridgehead atoms. The molecule has 1 aromatic heterocycles. The smallest absolute Gasteiger partial charge is 0.315 e. The van der Waals surface area contributed by atoms with E-state index in [0.29, 0.717) is 32.3 Å². The lowest BCUT2D eigenvalue weighted by atomic mass is 10.2. The molecule has 1 aliphatic rings. The van der Waals surface area contributed by atoms with Crippen LogP contribution in [0.5, 0.6) is 0 Å². The molecule has 0 aromatic carbocycles. The van der Waals surface area contributed by atoms with Gasteiger partial charge in [-0.25, -0.2) is 9.78 Å². The first-order valence-electron chi connectivity index (χ1n) is 9.18. The Morgan fingerprint density at radius 3 is 2.72 bits per heavy atom. The molecule has 2 amide bonds. The van der Waals surface area contributed by atoms with Crippen LogP contribution in [0, 0.1) is 0 Å². The normalized spacial score (nSPS) is 15.9. The number of carbonyl (C=O) groups is 1. The van der Waals surface area contributed by atoms with Gasteiger partial charge in [-0.05, 0) is 26.1 Å². The van der Waals surface area contributed by atoms with Crippen molar-refractivity contribution in [2.75, 3.05) is 50.8 Å². The van der Waals surface area contributed by atoms with E-state index in [1.807, 2.05) is 12.1 Å². The fourth-order valence-corrected chi connectivity index (χ4v) is 3.08. The lowest BCUT2D eigenvalue weighted by molar-refractivity contribution is 0.122. The highest BCUT2D eigenvalue weighted by molar-refractivity contribution is 5.74. The summed E-state index contributed by atoms with van der Waals surface area (Å²) in [6, 6.07) is 4.09. The molecule has 0 spiro atoms. The molecule has 2 heterocycles. The van der Waals surface area contributed by atoms with Gasteiger partial charge in [0.15, 0.2) is 0 Å². The number of ether oxygens (including phenoxy) is 1. The summed E-state index contributed by atoms with van der Waals surface area (Å²) >= 11 is 0. The second kappa shape index (κ2) is 10.2. The van der Waals surface area contributed by atoms with Gasteiger partial charge < -0.3 is 20.3 Å². The minimum atomic E-state index is -0.143. The lowest BCUT2D eigenvalue weighted by Gasteiger charge is -2.29. The molecule has 1 aromatic rings. The standard InChI is InChI=1S/C18H31N5O2/c1-4-22(5-2)15(3)13-20-18(24)21-14-16-7-6-8-19-17(16)23-9-11-25-12-10-23/h6-8,15H,4-5,9-14H2,1-3H3,(H2,20,21,24). The highest BCUT2D eigenvalue weighted by Gasteiger charge is 2.16. The van der Waals surface area contributed by atoms with Crippen molar-refractivity contribution < 1.29 is 9.53 Å². The van der Waals surface area contributed by atoms with Gasteiger partial charge in [0.2, 0.25) is 0 Å². The van der Waals surface area contributed by atoms with Gasteiger partial charge in [0.05, 0.1) is 13.2 Å². The number of nitrogens with one attached hydrogen (secondary N) is 2. The molecule has 1 unspecified atom stereocenters. The van der Waals surface area contributed by atoms with Gasteiger partial charge in [0, 0.05) is 44.0 Å². The number of hydrogen-bond acceptors (Lipinski definition) is 5. The lowest BCUT2D eigenvalue weighted by Crippen LogP contribution is -2.45. The molecule has 25 heavy (non-hydrogen) atoms. The largest absolute Gasteiger partial charge is 0.378 e. The Morgan fingerprint density at radius 2 is 2.04 bits per heavy atom. The zero-order valence-electron chi connectivity index (χ0n) is 15.6. The van der Waals surface area contributed by atoms with Crippen LogP contribution in [0.4, 0.5) is 10.6 Å². The Morgan fingerprint density at radius 1 is 1.32 bits per heavy atom. The first-order valence-corrected chi connectivity index (χ1v) is 9.18. The topological polar surface area (TPSA) is 69.7 Å². The third kappa shape index (κ3) is 5.86. The molecule has 1 atom stereocenters. The highest BCUT2D eigenvalue weighted by atomic mass is 16.5. The Balaban J connectivity index is 1.83. The van der Waals surface area contributed by atoms with Crippen LogP contribution in [-0.2, 0) is 11.3 Å². The minimum Gasteiger partial charge on any atom is -0.378 e. The molecule has 2 rings (SSSR count). The van der Waals surface area contributed by atoms with Gasteiger partial charge in [-0.1, -0.05) is 19.9 Å². The number of urea groups is 1. The van der Waals surface area contributed by atoms with Crippen molar-refractivity contribution in [3.63, 3.8) is 0 Å². The molecular formula is C18H31N5O2. The average Bonchev–Trinajstić information content (AvgIpc) is 2.66. The van der Waals surface area contributed by atoms with Crippen LogP contribution in [0.25, 0.3) is 0 Å². The maximum atomic E-state index is 12.1. The van der Waals surface area contributed by atoms with Gasteiger partial charge in [0.1, 0.15) is 5.82 Å². The number of carbonyl (C=O) groups excluding carboxylic acids is 1. The minimum absolute atomic E-state index is 0.143. The Labute approximate surface area is 150 Å². The molecule has 140 valence electrons. The molecule has 1 aliphatic heterocycles. The average molecular weight is 349 g/mol. The molecule has 1 saturated heterocycles. The zero-order chi connectivity index (χ0) is 18.1. The number of amides is 2.